The van der Waals surface area contributed by atoms with E-state index in [9.17, 15) is 0 Å². The Morgan fingerprint density at radius 3 is 1.88 bits per heavy atom. The van der Waals surface area contributed by atoms with E-state index >= 15 is 0 Å². The third-order valence-corrected chi connectivity index (χ3v) is 13.7. The lowest BCUT2D eigenvalue weighted by atomic mass is 9.67. The van der Waals surface area contributed by atoms with Crippen LogP contribution in [-0.4, -0.2) is 4.98 Å². The number of benzene rings is 9. The van der Waals surface area contributed by atoms with Crippen LogP contribution in [0.4, 0.5) is 17.1 Å². The van der Waals surface area contributed by atoms with Gasteiger partial charge in [0.1, 0.15) is 16.7 Å². The molecule has 0 saturated heterocycles. The molecule has 0 bridgehead atoms. The summed E-state index contributed by atoms with van der Waals surface area (Å²) in [7, 11) is 0. The van der Waals surface area contributed by atoms with Crippen molar-refractivity contribution < 1.29 is 8.83 Å². The molecule has 13 rings (SSSR count). The summed E-state index contributed by atoms with van der Waals surface area (Å²) >= 11 is 0. The molecule has 0 radical (unpaired) electrons. The summed E-state index contributed by atoms with van der Waals surface area (Å²) in [5, 5.41) is 2.24. The summed E-state index contributed by atoms with van der Waals surface area (Å²) in [6.07, 6.45) is 7.53. The molecule has 0 saturated carbocycles. The Morgan fingerprint density at radius 2 is 1.11 bits per heavy atom. The fourth-order valence-corrected chi connectivity index (χ4v) is 10.7. The van der Waals surface area contributed by atoms with Gasteiger partial charge in [0.15, 0.2) is 5.58 Å². The molecule has 66 heavy (non-hydrogen) atoms. The lowest BCUT2D eigenvalue weighted by molar-refractivity contribution is 0.505. The van der Waals surface area contributed by atoms with Gasteiger partial charge in [0, 0.05) is 33.4 Å². The molecule has 1 atom stereocenters. The van der Waals surface area contributed by atoms with E-state index in [1.807, 2.05) is 12.1 Å². The van der Waals surface area contributed by atoms with Gasteiger partial charge in [-0.3, -0.25) is 0 Å². The minimum atomic E-state index is -0.543. The van der Waals surface area contributed by atoms with Crippen molar-refractivity contribution in [3.05, 3.63) is 270 Å². The highest BCUT2D eigenvalue weighted by atomic mass is 16.3. The first-order chi connectivity index (χ1) is 32.7. The normalized spacial score (nSPS) is 14.9. The molecule has 2 aliphatic carbocycles. The molecule has 0 fully saturated rings. The summed E-state index contributed by atoms with van der Waals surface area (Å²) in [4.78, 5) is 7.53. The van der Waals surface area contributed by atoms with Crippen LogP contribution in [0.25, 0.3) is 60.9 Å². The van der Waals surface area contributed by atoms with Crippen LogP contribution in [0.5, 0.6) is 0 Å². The molecule has 0 spiro atoms. The minimum Gasteiger partial charge on any atom is -0.455 e. The number of nitrogens with zero attached hydrogens (tertiary/aromatic N) is 2. The minimum absolute atomic E-state index is 0.0515. The van der Waals surface area contributed by atoms with Crippen molar-refractivity contribution in [2.45, 2.75) is 17.8 Å². The van der Waals surface area contributed by atoms with E-state index in [0.29, 0.717) is 0 Å². The number of oxazole rings is 1. The van der Waals surface area contributed by atoms with Crippen LogP contribution in [0.15, 0.2) is 245 Å². The molecule has 0 aliphatic heterocycles. The number of fused-ring (bicyclic) bond motifs is 7. The molecule has 11 aromatic rings. The Kier molecular flexibility index (Phi) is 8.85. The van der Waals surface area contributed by atoms with Gasteiger partial charge in [-0.15, -0.1) is 0 Å². The van der Waals surface area contributed by atoms with Crippen molar-refractivity contribution in [2.75, 3.05) is 4.90 Å². The molecule has 2 aromatic heterocycles. The Bertz CT molecular complexity index is 3640. The number of furan rings is 1. The lowest BCUT2D eigenvalue weighted by Gasteiger charge is -2.35. The van der Waals surface area contributed by atoms with Gasteiger partial charge in [-0.1, -0.05) is 188 Å². The van der Waals surface area contributed by atoms with Crippen LogP contribution in [0.1, 0.15) is 46.0 Å². The van der Waals surface area contributed by atoms with Gasteiger partial charge >= 0.3 is 0 Å². The molecule has 0 N–H and O–H groups in total. The smallest absolute Gasteiger partial charge is 0.202 e. The van der Waals surface area contributed by atoms with E-state index in [1.165, 1.54) is 44.5 Å². The Balaban J connectivity index is 0.962. The number of allylic oxidation sites excluding steroid dienone is 4. The molecule has 312 valence electrons. The largest absolute Gasteiger partial charge is 0.455 e. The topological polar surface area (TPSA) is 42.4 Å². The fourth-order valence-electron chi connectivity index (χ4n) is 10.7. The van der Waals surface area contributed by atoms with E-state index in [0.717, 1.165) is 73.5 Å². The third-order valence-electron chi connectivity index (χ3n) is 13.7. The van der Waals surface area contributed by atoms with Crippen LogP contribution in [0, 0.1) is 0 Å². The van der Waals surface area contributed by atoms with Crippen LogP contribution >= 0.6 is 0 Å². The Hall–Kier alpha value is -8.47. The lowest BCUT2D eigenvalue weighted by Crippen LogP contribution is -2.28. The van der Waals surface area contributed by atoms with Crippen LogP contribution in [-0.2, 0) is 5.41 Å². The number of hydrogen-bond acceptors (Lipinski definition) is 4. The van der Waals surface area contributed by atoms with Gasteiger partial charge in [-0.05, 0) is 105 Å². The maximum Gasteiger partial charge on any atom is 0.202 e. The van der Waals surface area contributed by atoms with Crippen molar-refractivity contribution >= 4 is 55.7 Å². The molecule has 9 aromatic carbocycles. The predicted octanol–water partition coefficient (Wildman–Crippen LogP) is 16.4. The van der Waals surface area contributed by atoms with E-state index in [2.05, 4.69) is 229 Å². The first-order valence-electron chi connectivity index (χ1n) is 22.7. The average molecular weight is 847 g/mol. The molecule has 1 unspecified atom stereocenters. The SMILES string of the molecule is C1=CC(c2nc3cc(N(c4ccc(-c5cccc6c5oc5ccccc56)cc4)c4ccc5c(c4)C(c4ccccc4)(c4ccccc4)c4ccccc4-5)ccc3o2)CC=C1c1ccccc1. The molecule has 2 aliphatic rings. The molecule has 0 amide bonds. The van der Waals surface area contributed by atoms with Crippen LogP contribution in [0.2, 0.25) is 0 Å². The van der Waals surface area contributed by atoms with Gasteiger partial charge in [-0.25, -0.2) is 4.98 Å². The van der Waals surface area contributed by atoms with Gasteiger partial charge in [0.2, 0.25) is 5.89 Å². The second-order valence-electron chi connectivity index (χ2n) is 17.4. The van der Waals surface area contributed by atoms with Crippen LogP contribution < -0.4 is 4.90 Å². The number of hydrogen-bond donors (Lipinski definition) is 0. The number of para-hydroxylation sites is 2. The molecule has 4 nitrogen and oxygen atoms in total. The highest BCUT2D eigenvalue weighted by Gasteiger charge is 2.46. The van der Waals surface area contributed by atoms with Gasteiger partial charge in [0.05, 0.1) is 11.3 Å². The fraction of sp³-hybridized carbons (Fsp3) is 0.0484. The molecule has 4 heteroatoms. The van der Waals surface area contributed by atoms with E-state index in [4.69, 9.17) is 13.8 Å². The van der Waals surface area contributed by atoms with Crippen molar-refractivity contribution in [3.8, 4) is 22.3 Å². The highest BCUT2D eigenvalue weighted by Crippen LogP contribution is 2.57. The van der Waals surface area contributed by atoms with E-state index < -0.39 is 5.41 Å². The summed E-state index contributed by atoms with van der Waals surface area (Å²) in [5.41, 5.74) is 17.9. The van der Waals surface area contributed by atoms with Crippen molar-refractivity contribution in [3.63, 3.8) is 0 Å². The summed E-state index contributed by atoms with van der Waals surface area (Å²) in [5.74, 6) is 0.777. The van der Waals surface area contributed by atoms with Crippen molar-refractivity contribution in [1.82, 2.24) is 4.98 Å². The number of anilines is 3. The van der Waals surface area contributed by atoms with Crippen LogP contribution in [0.3, 0.4) is 0 Å². The van der Waals surface area contributed by atoms with Gasteiger partial charge in [0.25, 0.3) is 0 Å². The van der Waals surface area contributed by atoms with Gasteiger partial charge in [-0.2, -0.15) is 0 Å². The number of rotatable bonds is 8. The average Bonchev–Trinajstić information content (AvgIpc) is 4.08. The summed E-state index contributed by atoms with van der Waals surface area (Å²) in [6.45, 7) is 0. The zero-order valence-electron chi connectivity index (χ0n) is 36.0. The maximum absolute atomic E-state index is 6.52. The summed E-state index contributed by atoms with van der Waals surface area (Å²) in [6, 6.07) is 78.4. The Labute approximate surface area is 383 Å². The maximum atomic E-state index is 6.52. The van der Waals surface area contributed by atoms with E-state index in [1.54, 1.807) is 0 Å². The zero-order valence-corrected chi connectivity index (χ0v) is 36.0. The third kappa shape index (κ3) is 6.03. The number of aromatic nitrogens is 1. The van der Waals surface area contributed by atoms with Crippen molar-refractivity contribution in [2.24, 2.45) is 0 Å². The zero-order chi connectivity index (χ0) is 43.6. The van der Waals surface area contributed by atoms with Gasteiger partial charge < -0.3 is 13.7 Å². The monoisotopic (exact) mass is 846 g/mol. The Morgan fingerprint density at radius 1 is 0.470 bits per heavy atom. The summed E-state index contributed by atoms with van der Waals surface area (Å²) < 4.78 is 13.0. The van der Waals surface area contributed by atoms with Crippen molar-refractivity contribution in [1.29, 1.82) is 0 Å². The first-order valence-corrected chi connectivity index (χ1v) is 22.7. The predicted molar refractivity (Wildman–Crippen MR) is 270 cm³/mol. The quantitative estimate of drug-likeness (QED) is 0.153. The second-order valence-corrected chi connectivity index (χ2v) is 17.4. The molecular formula is C62H42N2O2. The molecule has 2 heterocycles. The van der Waals surface area contributed by atoms with E-state index in [-0.39, 0.29) is 5.92 Å². The highest BCUT2D eigenvalue weighted by molar-refractivity contribution is 6.09. The standard InChI is InChI=1S/C62H42N2O2/c1-4-15-41(16-5-1)42-27-29-44(30-28-42)61-63-57-40-49(36-38-59(57)66-61)64(47-33-31-43(32-34-47)50-23-14-24-54-53-22-11-13-26-58(53)65-60(50)54)48-35-37-52-51-21-10-12-25-55(51)62(56(52)39-48,45-17-6-2-7-18-45)46-19-8-3-9-20-46/h1-29,31-40,44H,30H2. The second kappa shape index (κ2) is 15.4. The first kappa shape index (κ1) is 38.0. The molecular weight excluding hydrogens is 805 g/mol.